The highest BCUT2D eigenvalue weighted by atomic mass is 16.5. The maximum atomic E-state index is 11.9. The molecule has 3 N–H and O–H groups in total. The van der Waals surface area contributed by atoms with Crippen LogP contribution in [0.3, 0.4) is 0 Å². The molecule has 0 radical (unpaired) electrons. The van der Waals surface area contributed by atoms with Crippen LogP contribution >= 0.6 is 0 Å². The summed E-state index contributed by atoms with van der Waals surface area (Å²) in [4.78, 5) is 13.8. The van der Waals surface area contributed by atoms with Gasteiger partial charge < -0.3 is 20.5 Å². The van der Waals surface area contributed by atoms with Crippen molar-refractivity contribution in [3.8, 4) is 0 Å². The van der Waals surface area contributed by atoms with Gasteiger partial charge in [-0.05, 0) is 38.5 Å². The number of anilines is 2. The predicted molar refractivity (Wildman–Crippen MR) is 76.4 cm³/mol. The minimum Gasteiger partial charge on any atom is -0.462 e. The van der Waals surface area contributed by atoms with Crippen LogP contribution in [0, 0.1) is 0 Å². The van der Waals surface area contributed by atoms with Gasteiger partial charge in [-0.2, -0.15) is 0 Å². The van der Waals surface area contributed by atoms with Crippen LogP contribution in [0.4, 0.5) is 11.4 Å². The summed E-state index contributed by atoms with van der Waals surface area (Å²) in [6.45, 7) is 4.47. The molecular formula is C14H22N2O3. The summed E-state index contributed by atoms with van der Waals surface area (Å²) in [5.41, 5.74) is 7.45. The summed E-state index contributed by atoms with van der Waals surface area (Å²) >= 11 is 0. The number of nitrogens with zero attached hydrogens (tertiary/aromatic N) is 1. The Hall–Kier alpha value is -1.75. The van der Waals surface area contributed by atoms with Gasteiger partial charge in [0.05, 0.1) is 24.0 Å². The second-order valence-electron chi connectivity index (χ2n) is 4.56. The van der Waals surface area contributed by atoms with Gasteiger partial charge in [0.1, 0.15) is 0 Å². The number of nitrogens with two attached hydrogens (primary N) is 1. The van der Waals surface area contributed by atoms with Crippen molar-refractivity contribution in [1.82, 2.24) is 0 Å². The van der Waals surface area contributed by atoms with Gasteiger partial charge >= 0.3 is 5.97 Å². The number of esters is 1. The SMILES string of the molecule is CCOC(=O)c1cc(N)ccc1N(C)CCC(C)O. The fourth-order valence-corrected chi connectivity index (χ4v) is 1.76. The molecule has 19 heavy (non-hydrogen) atoms. The summed E-state index contributed by atoms with van der Waals surface area (Å²) in [5.74, 6) is -0.381. The third-order valence-corrected chi connectivity index (χ3v) is 2.81. The normalized spacial score (nSPS) is 12.0. The van der Waals surface area contributed by atoms with Crippen LogP contribution in [-0.4, -0.2) is 37.4 Å². The number of carbonyl (C=O) groups is 1. The van der Waals surface area contributed by atoms with Crippen molar-refractivity contribution in [2.75, 3.05) is 30.8 Å². The number of carbonyl (C=O) groups excluding carboxylic acids is 1. The van der Waals surface area contributed by atoms with E-state index in [0.29, 0.717) is 30.8 Å². The van der Waals surface area contributed by atoms with E-state index in [2.05, 4.69) is 0 Å². The molecular weight excluding hydrogens is 244 g/mol. The minimum atomic E-state index is -0.381. The third kappa shape index (κ3) is 4.44. The van der Waals surface area contributed by atoms with Crippen LogP contribution in [0.5, 0.6) is 0 Å². The summed E-state index contributed by atoms with van der Waals surface area (Å²) in [6.07, 6.45) is 0.255. The number of benzene rings is 1. The summed E-state index contributed by atoms with van der Waals surface area (Å²) in [5, 5.41) is 9.32. The number of hydrogen-bond donors (Lipinski definition) is 2. The molecule has 0 aromatic heterocycles. The van der Waals surface area contributed by atoms with E-state index in [-0.39, 0.29) is 12.1 Å². The first-order chi connectivity index (χ1) is 8.95. The fourth-order valence-electron chi connectivity index (χ4n) is 1.76. The van der Waals surface area contributed by atoms with Crippen molar-refractivity contribution in [3.63, 3.8) is 0 Å². The van der Waals surface area contributed by atoms with Crippen molar-refractivity contribution >= 4 is 17.3 Å². The Labute approximate surface area is 114 Å². The lowest BCUT2D eigenvalue weighted by atomic mass is 10.1. The van der Waals surface area contributed by atoms with Crippen LogP contribution in [0.1, 0.15) is 30.6 Å². The first-order valence-corrected chi connectivity index (χ1v) is 6.41. The van der Waals surface area contributed by atoms with Crippen LogP contribution in [-0.2, 0) is 4.74 Å². The van der Waals surface area contributed by atoms with Crippen molar-refractivity contribution in [2.24, 2.45) is 0 Å². The van der Waals surface area contributed by atoms with Crippen molar-refractivity contribution in [3.05, 3.63) is 23.8 Å². The van der Waals surface area contributed by atoms with Crippen molar-refractivity contribution in [2.45, 2.75) is 26.4 Å². The van der Waals surface area contributed by atoms with Gasteiger partial charge in [0.2, 0.25) is 0 Å². The Bertz CT molecular complexity index is 433. The van der Waals surface area contributed by atoms with Gasteiger partial charge in [0.15, 0.2) is 0 Å². The molecule has 1 aromatic carbocycles. The maximum Gasteiger partial charge on any atom is 0.340 e. The Morgan fingerprint density at radius 2 is 2.21 bits per heavy atom. The summed E-state index contributed by atoms with van der Waals surface area (Å²) < 4.78 is 5.03. The number of rotatable bonds is 6. The van der Waals surface area contributed by atoms with Gasteiger partial charge in [-0.3, -0.25) is 0 Å². The highest BCUT2D eigenvalue weighted by Gasteiger charge is 2.16. The van der Waals surface area contributed by atoms with Crippen LogP contribution in [0.25, 0.3) is 0 Å². The molecule has 0 aliphatic carbocycles. The Balaban J connectivity index is 2.95. The minimum absolute atomic E-state index is 0.324. The monoisotopic (exact) mass is 266 g/mol. The molecule has 1 aromatic rings. The van der Waals surface area contributed by atoms with Gasteiger partial charge in [-0.25, -0.2) is 4.79 Å². The van der Waals surface area contributed by atoms with Crippen LogP contribution < -0.4 is 10.6 Å². The molecule has 5 heteroatoms. The second-order valence-corrected chi connectivity index (χ2v) is 4.56. The van der Waals surface area contributed by atoms with Crippen molar-refractivity contribution in [1.29, 1.82) is 0 Å². The van der Waals surface area contributed by atoms with E-state index in [0.717, 1.165) is 5.69 Å². The topological polar surface area (TPSA) is 75.8 Å². The van der Waals surface area contributed by atoms with Gasteiger partial charge in [-0.1, -0.05) is 0 Å². The lowest BCUT2D eigenvalue weighted by Crippen LogP contribution is -2.24. The lowest BCUT2D eigenvalue weighted by Gasteiger charge is -2.22. The molecule has 1 unspecified atom stereocenters. The zero-order valence-corrected chi connectivity index (χ0v) is 11.7. The Kier molecular flexibility index (Phi) is 5.63. The van der Waals surface area contributed by atoms with E-state index < -0.39 is 0 Å². The van der Waals surface area contributed by atoms with Crippen LogP contribution in [0.2, 0.25) is 0 Å². The molecule has 0 aliphatic rings. The van der Waals surface area contributed by atoms with E-state index in [1.54, 1.807) is 32.0 Å². The molecule has 0 aliphatic heterocycles. The molecule has 0 saturated carbocycles. The quantitative estimate of drug-likeness (QED) is 0.605. The third-order valence-electron chi connectivity index (χ3n) is 2.81. The predicted octanol–water partition coefficient (Wildman–Crippen LogP) is 1.65. The van der Waals surface area contributed by atoms with Crippen LogP contribution in [0.15, 0.2) is 18.2 Å². The molecule has 1 rings (SSSR count). The Morgan fingerprint density at radius 1 is 1.53 bits per heavy atom. The summed E-state index contributed by atoms with van der Waals surface area (Å²) in [6, 6.07) is 5.16. The number of aliphatic hydroxyl groups is 1. The highest BCUT2D eigenvalue weighted by Crippen LogP contribution is 2.23. The van der Waals surface area contributed by atoms with Crippen molar-refractivity contribution < 1.29 is 14.6 Å². The van der Waals surface area contributed by atoms with Gasteiger partial charge in [0.25, 0.3) is 0 Å². The van der Waals surface area contributed by atoms with E-state index in [9.17, 15) is 9.90 Å². The second kappa shape index (κ2) is 6.99. The number of ether oxygens (including phenoxy) is 1. The molecule has 0 saturated heterocycles. The molecule has 1 atom stereocenters. The molecule has 0 bridgehead atoms. The zero-order chi connectivity index (χ0) is 14.4. The summed E-state index contributed by atoms with van der Waals surface area (Å²) in [7, 11) is 1.87. The van der Waals surface area contributed by atoms with E-state index in [4.69, 9.17) is 10.5 Å². The lowest BCUT2D eigenvalue weighted by molar-refractivity contribution is 0.0527. The van der Waals surface area contributed by atoms with Gasteiger partial charge in [0, 0.05) is 19.3 Å². The number of hydrogen-bond acceptors (Lipinski definition) is 5. The first kappa shape index (κ1) is 15.3. The molecule has 0 heterocycles. The van der Waals surface area contributed by atoms with E-state index in [1.165, 1.54) is 0 Å². The standard InChI is InChI=1S/C14H22N2O3/c1-4-19-14(18)12-9-11(15)5-6-13(12)16(3)8-7-10(2)17/h5-6,9-10,17H,4,7-8,15H2,1-3H3. The number of nitrogen functional groups attached to an aromatic ring is 1. The Morgan fingerprint density at radius 3 is 2.79 bits per heavy atom. The molecule has 0 fully saturated rings. The fraction of sp³-hybridized carbons (Fsp3) is 0.500. The molecule has 0 amide bonds. The average Bonchev–Trinajstić information content (AvgIpc) is 2.36. The van der Waals surface area contributed by atoms with Gasteiger partial charge in [-0.15, -0.1) is 0 Å². The zero-order valence-electron chi connectivity index (χ0n) is 11.7. The molecule has 5 nitrogen and oxygen atoms in total. The first-order valence-electron chi connectivity index (χ1n) is 6.41. The smallest absolute Gasteiger partial charge is 0.340 e. The molecule has 0 spiro atoms. The van der Waals surface area contributed by atoms with E-state index >= 15 is 0 Å². The maximum absolute atomic E-state index is 11.9. The van der Waals surface area contributed by atoms with E-state index in [1.807, 2.05) is 11.9 Å². The average molecular weight is 266 g/mol. The highest BCUT2D eigenvalue weighted by molar-refractivity contribution is 5.97. The largest absolute Gasteiger partial charge is 0.462 e. The number of aliphatic hydroxyl groups excluding tert-OH is 1. The molecule has 106 valence electrons.